The highest BCUT2D eigenvalue weighted by Gasteiger charge is 2.33. The zero-order valence-corrected chi connectivity index (χ0v) is 16.6. The van der Waals surface area contributed by atoms with Gasteiger partial charge in [0.05, 0.1) is 6.61 Å². The normalized spacial score (nSPS) is 24.2. The Balaban J connectivity index is 1.79. The van der Waals surface area contributed by atoms with E-state index in [2.05, 4.69) is 19.1 Å². The molecule has 144 valence electrons. The second-order valence-electron chi connectivity index (χ2n) is 7.95. The largest absolute Gasteiger partial charge is 0.492 e. The van der Waals surface area contributed by atoms with E-state index in [1.807, 2.05) is 13.0 Å². The number of fused-ring (bicyclic) bond motifs is 1. The summed E-state index contributed by atoms with van der Waals surface area (Å²) in [5, 5.41) is 19.3. The Morgan fingerprint density at radius 1 is 1.04 bits per heavy atom. The summed E-state index contributed by atoms with van der Waals surface area (Å²) >= 11 is 0. The summed E-state index contributed by atoms with van der Waals surface area (Å²) in [7, 11) is 0. The van der Waals surface area contributed by atoms with Crippen LogP contribution in [0.25, 0.3) is 0 Å². The van der Waals surface area contributed by atoms with Crippen molar-refractivity contribution in [3.8, 4) is 23.6 Å². The van der Waals surface area contributed by atoms with E-state index in [1.165, 1.54) is 38.5 Å². The third-order valence-electron chi connectivity index (χ3n) is 6.09. The minimum Gasteiger partial charge on any atom is -0.492 e. The van der Waals surface area contributed by atoms with E-state index < -0.39 is 0 Å². The molecule has 0 bridgehead atoms. The van der Waals surface area contributed by atoms with Gasteiger partial charge in [-0.3, -0.25) is 0 Å². The van der Waals surface area contributed by atoms with Crippen LogP contribution < -0.4 is 9.47 Å². The first-order valence-corrected chi connectivity index (χ1v) is 10.5. The molecule has 4 heteroatoms. The van der Waals surface area contributed by atoms with Crippen LogP contribution in [0.1, 0.15) is 81.9 Å². The quantitative estimate of drug-likeness (QED) is 0.665. The topological polar surface area (TPSA) is 66.0 Å². The third kappa shape index (κ3) is 4.22. The summed E-state index contributed by atoms with van der Waals surface area (Å²) in [6.45, 7) is 4.84. The summed E-state index contributed by atoms with van der Waals surface area (Å²) in [4.78, 5) is 0. The molecule has 1 atom stereocenters. The number of aryl methyl sites for hydroxylation is 1. The zero-order valence-electron chi connectivity index (χ0n) is 16.6. The molecule has 2 aliphatic rings. The molecule has 1 fully saturated rings. The van der Waals surface area contributed by atoms with Gasteiger partial charge in [0.25, 0.3) is 0 Å². The summed E-state index contributed by atoms with van der Waals surface area (Å²) in [5.74, 6) is 2.60. The molecule has 1 aromatic rings. The number of hydrogen-bond donors (Lipinski definition) is 0. The predicted molar refractivity (Wildman–Crippen MR) is 105 cm³/mol. The SMILES string of the molecule is CCCOc1cc2c(c(C#N)c1C#N)OC(C1CCC(CCC)CC1)CC2. The van der Waals surface area contributed by atoms with Gasteiger partial charge < -0.3 is 9.47 Å². The minimum atomic E-state index is 0.168. The van der Waals surface area contributed by atoms with Crippen molar-refractivity contribution in [2.45, 2.75) is 77.7 Å². The van der Waals surface area contributed by atoms with Crippen LogP contribution in [0.3, 0.4) is 0 Å². The first-order valence-electron chi connectivity index (χ1n) is 10.5. The van der Waals surface area contributed by atoms with Gasteiger partial charge in [-0.15, -0.1) is 0 Å². The second-order valence-corrected chi connectivity index (χ2v) is 7.95. The Morgan fingerprint density at radius 2 is 1.78 bits per heavy atom. The second kappa shape index (κ2) is 9.14. The van der Waals surface area contributed by atoms with Gasteiger partial charge in [-0.2, -0.15) is 10.5 Å². The fraction of sp³-hybridized carbons (Fsp3) is 0.652. The van der Waals surface area contributed by atoms with Crippen LogP contribution in [-0.2, 0) is 6.42 Å². The van der Waals surface area contributed by atoms with Crippen molar-refractivity contribution in [3.05, 3.63) is 22.8 Å². The molecular formula is C23H30N2O2. The van der Waals surface area contributed by atoms with Gasteiger partial charge in [0.1, 0.15) is 40.9 Å². The lowest BCUT2D eigenvalue weighted by Gasteiger charge is -2.37. The molecule has 0 aromatic heterocycles. The van der Waals surface area contributed by atoms with Crippen molar-refractivity contribution in [1.82, 2.24) is 0 Å². The van der Waals surface area contributed by atoms with Crippen LogP contribution in [0.2, 0.25) is 0 Å². The molecular weight excluding hydrogens is 336 g/mol. The van der Waals surface area contributed by atoms with Crippen molar-refractivity contribution in [1.29, 1.82) is 10.5 Å². The van der Waals surface area contributed by atoms with E-state index in [9.17, 15) is 10.5 Å². The maximum atomic E-state index is 9.71. The first-order chi connectivity index (χ1) is 13.2. The summed E-state index contributed by atoms with van der Waals surface area (Å²) < 4.78 is 12.1. The Morgan fingerprint density at radius 3 is 2.41 bits per heavy atom. The van der Waals surface area contributed by atoms with Gasteiger partial charge in [-0.1, -0.05) is 39.5 Å². The molecule has 0 amide bonds. The van der Waals surface area contributed by atoms with E-state index in [4.69, 9.17) is 9.47 Å². The number of hydrogen-bond acceptors (Lipinski definition) is 4. The minimum absolute atomic E-state index is 0.168. The number of nitrogens with zero attached hydrogens (tertiary/aromatic N) is 2. The highest BCUT2D eigenvalue weighted by atomic mass is 16.5. The summed E-state index contributed by atoms with van der Waals surface area (Å²) in [5.41, 5.74) is 1.68. The van der Waals surface area contributed by atoms with E-state index in [1.54, 1.807) is 0 Å². The Labute approximate surface area is 163 Å². The van der Waals surface area contributed by atoms with E-state index in [0.717, 1.165) is 30.7 Å². The van der Waals surface area contributed by atoms with Gasteiger partial charge in [0.15, 0.2) is 0 Å². The lowest BCUT2D eigenvalue weighted by atomic mass is 9.76. The molecule has 1 unspecified atom stereocenters. The molecule has 1 aliphatic heterocycles. The van der Waals surface area contributed by atoms with Crippen LogP contribution in [0.15, 0.2) is 6.07 Å². The molecule has 1 aromatic carbocycles. The van der Waals surface area contributed by atoms with Gasteiger partial charge in [0, 0.05) is 0 Å². The molecule has 27 heavy (non-hydrogen) atoms. The Kier molecular flexibility index (Phi) is 6.62. The number of nitriles is 2. The molecule has 3 rings (SSSR count). The molecule has 0 radical (unpaired) electrons. The van der Waals surface area contributed by atoms with Gasteiger partial charge in [0.2, 0.25) is 0 Å². The maximum Gasteiger partial charge on any atom is 0.142 e. The van der Waals surface area contributed by atoms with E-state index >= 15 is 0 Å². The van der Waals surface area contributed by atoms with Gasteiger partial charge in [-0.25, -0.2) is 0 Å². The molecule has 1 aliphatic carbocycles. The van der Waals surface area contributed by atoms with E-state index in [0.29, 0.717) is 35.2 Å². The monoisotopic (exact) mass is 366 g/mol. The molecule has 0 spiro atoms. The smallest absolute Gasteiger partial charge is 0.142 e. The molecule has 0 N–H and O–H groups in total. The summed E-state index contributed by atoms with van der Waals surface area (Å²) in [6.07, 6.45) is 10.5. The van der Waals surface area contributed by atoms with E-state index in [-0.39, 0.29) is 6.10 Å². The Bertz CT molecular complexity index is 736. The van der Waals surface area contributed by atoms with Crippen molar-refractivity contribution < 1.29 is 9.47 Å². The third-order valence-corrected chi connectivity index (χ3v) is 6.09. The van der Waals surface area contributed by atoms with Crippen molar-refractivity contribution in [2.75, 3.05) is 6.61 Å². The fourth-order valence-corrected chi connectivity index (χ4v) is 4.65. The van der Waals surface area contributed by atoms with Crippen LogP contribution in [0.4, 0.5) is 0 Å². The summed E-state index contributed by atoms with van der Waals surface area (Å²) in [6, 6.07) is 6.29. The molecule has 4 nitrogen and oxygen atoms in total. The lowest BCUT2D eigenvalue weighted by molar-refractivity contribution is 0.0753. The van der Waals surface area contributed by atoms with Crippen molar-refractivity contribution in [3.63, 3.8) is 0 Å². The van der Waals surface area contributed by atoms with Crippen LogP contribution in [0, 0.1) is 34.5 Å². The van der Waals surface area contributed by atoms with Crippen LogP contribution in [0.5, 0.6) is 11.5 Å². The Hall–Kier alpha value is -2.20. The first kappa shape index (κ1) is 19.6. The van der Waals surface area contributed by atoms with Gasteiger partial charge in [-0.05, 0) is 55.6 Å². The maximum absolute atomic E-state index is 9.71. The van der Waals surface area contributed by atoms with Crippen molar-refractivity contribution in [2.24, 2.45) is 11.8 Å². The van der Waals surface area contributed by atoms with Crippen molar-refractivity contribution >= 4 is 0 Å². The molecule has 1 heterocycles. The van der Waals surface area contributed by atoms with Crippen LogP contribution >= 0.6 is 0 Å². The highest BCUT2D eigenvalue weighted by molar-refractivity contribution is 5.64. The average molecular weight is 367 g/mol. The van der Waals surface area contributed by atoms with Crippen LogP contribution in [-0.4, -0.2) is 12.7 Å². The average Bonchev–Trinajstić information content (AvgIpc) is 2.71. The van der Waals surface area contributed by atoms with Gasteiger partial charge >= 0.3 is 0 Å². The predicted octanol–water partition coefficient (Wildman–Crippen LogP) is 5.52. The highest BCUT2D eigenvalue weighted by Crippen LogP contribution is 2.42. The zero-order chi connectivity index (χ0) is 19.2. The fourth-order valence-electron chi connectivity index (χ4n) is 4.65. The lowest BCUT2D eigenvalue weighted by Crippen LogP contribution is -2.34. The molecule has 1 saturated carbocycles. The molecule has 0 saturated heterocycles. The number of benzene rings is 1. The number of ether oxygens (including phenoxy) is 2. The standard InChI is InChI=1S/C23H30N2O2/c1-3-5-16-6-8-17(9-7-16)21-11-10-18-13-22(26-12-4-2)19(14-24)20(15-25)23(18)27-21/h13,16-17,21H,3-12H2,1-2H3. The number of rotatable bonds is 6.